The van der Waals surface area contributed by atoms with Gasteiger partial charge < -0.3 is 15.1 Å². The minimum Gasteiger partial charge on any atom is -0.377 e. The lowest BCUT2D eigenvalue weighted by molar-refractivity contribution is -0.131. The van der Waals surface area contributed by atoms with Gasteiger partial charge in [0.25, 0.3) is 5.91 Å². The molecule has 1 N–H and O–H groups in total. The number of benzene rings is 2. The quantitative estimate of drug-likeness (QED) is 0.456. The van der Waals surface area contributed by atoms with E-state index in [1.54, 1.807) is 17.4 Å². The molecule has 1 aromatic heterocycles. The van der Waals surface area contributed by atoms with Gasteiger partial charge in [-0.15, -0.1) is 11.3 Å². The van der Waals surface area contributed by atoms with Gasteiger partial charge in [0, 0.05) is 49.0 Å². The Bertz CT molecular complexity index is 1100. The Morgan fingerprint density at radius 3 is 2.48 bits per heavy atom. The largest absolute Gasteiger partial charge is 0.377 e. The van der Waals surface area contributed by atoms with E-state index in [0.29, 0.717) is 31.1 Å². The third-order valence-electron chi connectivity index (χ3n) is 5.11. The molecular weight excluding hydrogens is 437 g/mol. The number of carbonyl (C=O) groups is 2. The van der Waals surface area contributed by atoms with Gasteiger partial charge in [-0.1, -0.05) is 26.0 Å². The average molecular weight is 468 g/mol. The van der Waals surface area contributed by atoms with Crippen molar-refractivity contribution in [1.82, 2.24) is 4.90 Å². The number of amides is 2. The van der Waals surface area contributed by atoms with Crippen LogP contribution >= 0.6 is 11.3 Å². The Hall–Kier alpha value is -3.19. The summed E-state index contributed by atoms with van der Waals surface area (Å²) in [4.78, 5) is 30.6. The maximum atomic E-state index is 13.5. The summed E-state index contributed by atoms with van der Waals surface area (Å²) in [5.41, 5.74) is 2.74. The molecule has 0 unspecified atom stereocenters. The molecule has 2 aromatic carbocycles. The molecule has 1 heterocycles. The molecule has 3 rings (SSSR count). The van der Waals surface area contributed by atoms with Crippen LogP contribution in [-0.4, -0.2) is 37.4 Å². The van der Waals surface area contributed by atoms with E-state index in [-0.39, 0.29) is 17.4 Å². The summed E-state index contributed by atoms with van der Waals surface area (Å²) in [5.74, 6) is -0.452. The summed E-state index contributed by atoms with van der Waals surface area (Å²) in [5, 5.41) is 4.82. The number of thiophene rings is 1. The van der Waals surface area contributed by atoms with Crippen LogP contribution in [0.5, 0.6) is 0 Å². The number of hydrogen-bond acceptors (Lipinski definition) is 4. The molecule has 0 atom stereocenters. The maximum absolute atomic E-state index is 13.5. The molecule has 0 spiro atoms. The van der Waals surface area contributed by atoms with E-state index in [4.69, 9.17) is 0 Å². The highest BCUT2D eigenvalue weighted by atomic mass is 32.1. The van der Waals surface area contributed by atoms with Gasteiger partial charge in [0.2, 0.25) is 5.91 Å². The number of nitrogens with zero attached hydrogens (tertiary/aromatic N) is 2. The SMILES string of the molecule is CC(C)CN(Cc1cc(NC(=O)c2cccc(F)c2)ccc1N(C)C)C(=O)Cc1cccs1. The number of hydrogen-bond donors (Lipinski definition) is 1. The van der Waals surface area contributed by atoms with Gasteiger partial charge in [-0.3, -0.25) is 9.59 Å². The molecule has 0 fully saturated rings. The van der Waals surface area contributed by atoms with Crippen LogP contribution in [0.15, 0.2) is 60.0 Å². The van der Waals surface area contributed by atoms with Crippen LogP contribution < -0.4 is 10.2 Å². The Morgan fingerprint density at radius 2 is 1.85 bits per heavy atom. The van der Waals surface area contributed by atoms with E-state index in [2.05, 4.69) is 19.2 Å². The van der Waals surface area contributed by atoms with Crippen molar-refractivity contribution in [2.24, 2.45) is 5.92 Å². The summed E-state index contributed by atoms with van der Waals surface area (Å²) in [6.45, 7) is 5.25. The van der Waals surface area contributed by atoms with Gasteiger partial charge in [-0.05, 0) is 59.3 Å². The van der Waals surface area contributed by atoms with Crippen molar-refractivity contribution >= 4 is 34.5 Å². The standard InChI is InChI=1S/C26H30FN3O2S/c1-18(2)16-30(25(31)15-23-9-6-12-33-23)17-20-14-22(10-11-24(20)29(3)4)28-26(32)19-7-5-8-21(27)13-19/h5-14,18H,15-17H2,1-4H3,(H,28,32). The summed E-state index contributed by atoms with van der Waals surface area (Å²) >= 11 is 1.58. The van der Waals surface area contributed by atoms with Gasteiger partial charge in [0.05, 0.1) is 6.42 Å². The zero-order valence-corrected chi connectivity index (χ0v) is 20.3. The molecule has 0 bridgehead atoms. The predicted octanol–water partition coefficient (Wildman–Crippen LogP) is 5.43. The van der Waals surface area contributed by atoms with Gasteiger partial charge in [-0.2, -0.15) is 0 Å². The first kappa shape index (κ1) is 24.5. The maximum Gasteiger partial charge on any atom is 0.255 e. The van der Waals surface area contributed by atoms with E-state index >= 15 is 0 Å². The highest BCUT2D eigenvalue weighted by molar-refractivity contribution is 7.10. The molecule has 33 heavy (non-hydrogen) atoms. The van der Waals surface area contributed by atoms with Gasteiger partial charge >= 0.3 is 0 Å². The first-order chi connectivity index (χ1) is 15.7. The lowest BCUT2D eigenvalue weighted by Crippen LogP contribution is -2.35. The van der Waals surface area contributed by atoms with Crippen molar-refractivity contribution in [3.05, 3.63) is 81.8 Å². The van der Waals surface area contributed by atoms with Gasteiger partial charge in [-0.25, -0.2) is 4.39 Å². The highest BCUT2D eigenvalue weighted by Gasteiger charge is 2.19. The first-order valence-corrected chi connectivity index (χ1v) is 11.8. The molecule has 0 aliphatic heterocycles. The second-order valence-corrected chi connectivity index (χ2v) is 9.66. The smallest absolute Gasteiger partial charge is 0.255 e. The van der Waals surface area contributed by atoms with Crippen LogP contribution in [0.2, 0.25) is 0 Å². The third kappa shape index (κ3) is 6.89. The summed E-state index contributed by atoms with van der Waals surface area (Å²) in [7, 11) is 3.90. The average Bonchev–Trinajstić information content (AvgIpc) is 3.26. The first-order valence-electron chi connectivity index (χ1n) is 10.9. The molecule has 0 saturated heterocycles. The van der Waals surface area contributed by atoms with Crippen molar-refractivity contribution < 1.29 is 14.0 Å². The molecule has 7 heteroatoms. The Labute approximate surface area is 198 Å². The van der Waals surface area contributed by atoms with E-state index in [1.807, 2.05) is 59.6 Å². The van der Waals surface area contributed by atoms with E-state index < -0.39 is 5.82 Å². The summed E-state index contributed by atoms with van der Waals surface area (Å²) < 4.78 is 13.5. The Kier molecular flexibility index (Phi) is 8.22. The molecule has 2 amide bonds. The highest BCUT2D eigenvalue weighted by Crippen LogP contribution is 2.26. The minimum absolute atomic E-state index is 0.0741. The van der Waals surface area contributed by atoms with Crippen molar-refractivity contribution in [2.75, 3.05) is 30.9 Å². The third-order valence-corrected chi connectivity index (χ3v) is 5.99. The van der Waals surface area contributed by atoms with E-state index in [1.165, 1.54) is 18.2 Å². The molecular formula is C26H30FN3O2S. The lowest BCUT2D eigenvalue weighted by atomic mass is 10.1. The number of nitrogens with one attached hydrogen (secondary N) is 1. The van der Waals surface area contributed by atoms with Crippen LogP contribution in [-0.2, 0) is 17.8 Å². The zero-order chi connectivity index (χ0) is 24.0. The van der Waals surface area contributed by atoms with Crippen LogP contribution in [0.25, 0.3) is 0 Å². The van der Waals surface area contributed by atoms with Crippen molar-refractivity contribution in [3.63, 3.8) is 0 Å². The second kappa shape index (κ2) is 11.1. The molecule has 174 valence electrons. The fraction of sp³-hybridized carbons (Fsp3) is 0.308. The van der Waals surface area contributed by atoms with Gasteiger partial charge in [0.15, 0.2) is 0 Å². The van der Waals surface area contributed by atoms with Crippen molar-refractivity contribution in [2.45, 2.75) is 26.8 Å². The summed E-state index contributed by atoms with van der Waals surface area (Å²) in [6.07, 6.45) is 0.373. The Balaban J connectivity index is 1.85. The molecule has 0 aliphatic rings. The van der Waals surface area contributed by atoms with Crippen molar-refractivity contribution in [3.8, 4) is 0 Å². The topological polar surface area (TPSA) is 52.7 Å². The van der Waals surface area contributed by atoms with E-state index in [9.17, 15) is 14.0 Å². The van der Waals surface area contributed by atoms with E-state index in [0.717, 1.165) is 16.1 Å². The lowest BCUT2D eigenvalue weighted by Gasteiger charge is -2.27. The number of carbonyl (C=O) groups excluding carboxylic acids is 2. The molecule has 3 aromatic rings. The van der Waals surface area contributed by atoms with Crippen LogP contribution in [0.3, 0.4) is 0 Å². The fourth-order valence-electron chi connectivity index (χ4n) is 3.63. The molecule has 0 aliphatic carbocycles. The minimum atomic E-state index is -0.458. The Morgan fingerprint density at radius 1 is 1.06 bits per heavy atom. The van der Waals surface area contributed by atoms with Crippen molar-refractivity contribution in [1.29, 1.82) is 0 Å². The molecule has 5 nitrogen and oxygen atoms in total. The number of rotatable bonds is 9. The monoisotopic (exact) mass is 467 g/mol. The molecule has 0 radical (unpaired) electrons. The van der Waals surface area contributed by atoms with Crippen LogP contribution in [0.1, 0.15) is 34.6 Å². The normalized spacial score (nSPS) is 10.8. The second-order valence-electron chi connectivity index (χ2n) is 8.63. The van der Waals surface area contributed by atoms with Gasteiger partial charge in [0.1, 0.15) is 5.82 Å². The zero-order valence-electron chi connectivity index (χ0n) is 19.5. The van der Waals surface area contributed by atoms with Crippen LogP contribution in [0, 0.1) is 11.7 Å². The number of anilines is 2. The fourth-order valence-corrected chi connectivity index (χ4v) is 4.33. The van der Waals surface area contributed by atoms with Crippen LogP contribution in [0.4, 0.5) is 15.8 Å². The predicted molar refractivity (Wildman–Crippen MR) is 133 cm³/mol. The molecule has 0 saturated carbocycles. The number of halogens is 1. The summed E-state index contributed by atoms with van der Waals surface area (Å²) in [6, 6.07) is 15.1.